The third-order valence-electron chi connectivity index (χ3n) is 10.3. The van der Waals surface area contributed by atoms with Crippen molar-refractivity contribution in [2.24, 2.45) is 40.9 Å². The summed E-state index contributed by atoms with van der Waals surface area (Å²) in [5.41, 5.74) is 4.40. The largest absolute Gasteiger partial charge is 0.481 e. The number of rotatable bonds is 1. The second-order valence-corrected chi connectivity index (χ2v) is 11.4. The van der Waals surface area contributed by atoms with E-state index >= 15 is 0 Å². The monoisotopic (exact) mass is 432 g/mol. The Balaban J connectivity index is 1.21. The van der Waals surface area contributed by atoms with Crippen LogP contribution >= 0.6 is 0 Å². The molecule has 1 N–H and O–H groups in total. The molecule has 5 aliphatic carbocycles. The Kier molecular flexibility index (Phi) is 4.17. The molecule has 5 heteroatoms. The molecule has 5 aliphatic rings. The number of hydrogen-bond acceptors (Lipinski definition) is 4. The van der Waals surface area contributed by atoms with Crippen molar-refractivity contribution >= 4 is 17.1 Å². The van der Waals surface area contributed by atoms with Crippen molar-refractivity contribution < 1.29 is 14.4 Å². The Morgan fingerprint density at radius 3 is 2.91 bits per heavy atom. The van der Waals surface area contributed by atoms with Gasteiger partial charge in [0.15, 0.2) is 0 Å². The molecule has 168 valence electrons. The molecular formula is C27H32N2O3. The molecule has 3 fully saturated rings. The normalized spacial score (nSPS) is 40.3. The average Bonchev–Trinajstić information content (AvgIpc) is 3.27. The van der Waals surface area contributed by atoms with Crippen LogP contribution in [0.25, 0.3) is 11.1 Å². The van der Waals surface area contributed by atoms with E-state index in [0.717, 1.165) is 80.4 Å². The Morgan fingerprint density at radius 1 is 1.06 bits per heavy atom. The van der Waals surface area contributed by atoms with Crippen LogP contribution in [0, 0.1) is 40.9 Å². The summed E-state index contributed by atoms with van der Waals surface area (Å²) in [6.45, 7) is 0. The summed E-state index contributed by atoms with van der Waals surface area (Å²) in [6.07, 6.45) is 16.5. The third-order valence-corrected chi connectivity index (χ3v) is 10.3. The molecule has 0 saturated heterocycles. The van der Waals surface area contributed by atoms with Crippen LogP contribution in [0.1, 0.15) is 69.0 Å². The lowest BCUT2D eigenvalue weighted by atomic mass is 9.48. The van der Waals surface area contributed by atoms with Crippen molar-refractivity contribution in [1.29, 1.82) is 0 Å². The standard InChI is InChI=1S/C27H32N2O3/c30-26(31)27-9-2-1-3-23(27)21-7-6-19-18(20(21)8-10-27)5-4-15-13-24-16(12-22(15)19)11-17-14-28-32-25(17)29-24/h7,11,14-15,18-20,22-23H,1-6,8-10,12-13H2,(H,30,31). The quantitative estimate of drug-likeness (QED) is 0.595. The SMILES string of the molecule is O=C(O)C12CCCCC1C1=CCC3C4Cc5cc6cnoc6nc5CC4CCC3C1CC2. The summed E-state index contributed by atoms with van der Waals surface area (Å²) < 4.78 is 5.32. The van der Waals surface area contributed by atoms with E-state index in [4.69, 9.17) is 9.51 Å². The lowest BCUT2D eigenvalue weighted by molar-refractivity contribution is -0.157. The van der Waals surface area contributed by atoms with Crippen molar-refractivity contribution in [3.8, 4) is 0 Å². The molecule has 0 aromatic carbocycles. The van der Waals surface area contributed by atoms with Crippen molar-refractivity contribution in [1.82, 2.24) is 10.1 Å². The van der Waals surface area contributed by atoms with Crippen LogP contribution in [0.3, 0.4) is 0 Å². The zero-order valence-electron chi connectivity index (χ0n) is 18.6. The summed E-state index contributed by atoms with van der Waals surface area (Å²) in [5.74, 6) is 3.35. The van der Waals surface area contributed by atoms with Crippen LogP contribution in [0.15, 0.2) is 28.4 Å². The van der Waals surface area contributed by atoms with Gasteiger partial charge in [-0.1, -0.05) is 29.6 Å². The number of carboxylic acid groups (broad SMARTS) is 1. The lowest BCUT2D eigenvalue weighted by Gasteiger charge is -2.56. The second-order valence-electron chi connectivity index (χ2n) is 11.4. The summed E-state index contributed by atoms with van der Waals surface area (Å²) in [6, 6.07) is 2.27. The highest BCUT2D eigenvalue weighted by molar-refractivity contribution is 5.76. The first kappa shape index (κ1) is 19.3. The van der Waals surface area contributed by atoms with Crippen molar-refractivity contribution in [3.05, 3.63) is 35.2 Å². The number of nitrogens with zero attached hydrogens (tertiary/aromatic N) is 2. The molecule has 7 unspecified atom stereocenters. The van der Waals surface area contributed by atoms with Crippen LogP contribution in [0.5, 0.6) is 0 Å². The molecule has 2 heterocycles. The average molecular weight is 433 g/mol. The van der Waals surface area contributed by atoms with Gasteiger partial charge in [-0.15, -0.1) is 0 Å². The number of allylic oxidation sites excluding steroid dienone is 2. The maximum absolute atomic E-state index is 12.4. The van der Waals surface area contributed by atoms with Crippen molar-refractivity contribution in [2.75, 3.05) is 0 Å². The van der Waals surface area contributed by atoms with E-state index in [-0.39, 0.29) is 0 Å². The minimum atomic E-state index is -0.524. The number of pyridine rings is 1. The zero-order valence-corrected chi connectivity index (χ0v) is 18.6. The van der Waals surface area contributed by atoms with Gasteiger partial charge in [0.1, 0.15) is 0 Å². The molecule has 5 nitrogen and oxygen atoms in total. The van der Waals surface area contributed by atoms with Gasteiger partial charge in [0, 0.05) is 5.69 Å². The number of carboxylic acids is 1. The summed E-state index contributed by atoms with van der Waals surface area (Å²) in [5, 5.41) is 15.2. The predicted octanol–water partition coefficient (Wildman–Crippen LogP) is 5.58. The van der Waals surface area contributed by atoms with Crippen LogP contribution in [0.4, 0.5) is 0 Å². The Morgan fingerprint density at radius 2 is 2.00 bits per heavy atom. The molecular weight excluding hydrogens is 400 g/mol. The van der Waals surface area contributed by atoms with Gasteiger partial charge in [0.25, 0.3) is 5.71 Å². The van der Waals surface area contributed by atoms with Crippen molar-refractivity contribution in [3.63, 3.8) is 0 Å². The van der Waals surface area contributed by atoms with E-state index in [1.165, 1.54) is 30.5 Å². The topological polar surface area (TPSA) is 76.2 Å². The van der Waals surface area contributed by atoms with Gasteiger partial charge < -0.3 is 9.63 Å². The third kappa shape index (κ3) is 2.60. The predicted molar refractivity (Wildman–Crippen MR) is 120 cm³/mol. The number of hydrogen-bond donors (Lipinski definition) is 1. The first-order valence-electron chi connectivity index (χ1n) is 12.8. The van der Waals surface area contributed by atoms with E-state index in [1.807, 2.05) is 0 Å². The Bertz CT molecular complexity index is 1120. The highest BCUT2D eigenvalue weighted by Crippen LogP contribution is 2.61. The fourth-order valence-electron chi connectivity index (χ4n) is 8.92. The smallest absolute Gasteiger partial charge is 0.310 e. The first-order valence-corrected chi connectivity index (χ1v) is 12.8. The van der Waals surface area contributed by atoms with Crippen molar-refractivity contribution in [2.45, 2.75) is 70.6 Å². The van der Waals surface area contributed by atoms with Crippen LogP contribution in [-0.2, 0) is 17.6 Å². The number of aliphatic carboxylic acids is 1. The zero-order chi connectivity index (χ0) is 21.4. The molecule has 7 rings (SSSR count). The maximum atomic E-state index is 12.4. The van der Waals surface area contributed by atoms with Gasteiger partial charge in [0.2, 0.25) is 0 Å². The van der Waals surface area contributed by atoms with Gasteiger partial charge in [0.05, 0.1) is 17.0 Å². The molecule has 0 amide bonds. The molecule has 2 aromatic heterocycles. The number of carbonyl (C=O) groups is 1. The molecule has 0 bridgehead atoms. The van der Waals surface area contributed by atoms with E-state index in [9.17, 15) is 9.90 Å². The van der Waals surface area contributed by atoms with E-state index in [2.05, 4.69) is 17.3 Å². The number of fused-ring (bicyclic) bond motifs is 9. The summed E-state index contributed by atoms with van der Waals surface area (Å²) >= 11 is 0. The fourth-order valence-corrected chi connectivity index (χ4v) is 8.92. The highest BCUT2D eigenvalue weighted by atomic mass is 16.5. The summed E-state index contributed by atoms with van der Waals surface area (Å²) in [4.78, 5) is 17.2. The Hall–Kier alpha value is -2.17. The van der Waals surface area contributed by atoms with Crippen LogP contribution in [-0.4, -0.2) is 21.2 Å². The van der Waals surface area contributed by atoms with Crippen LogP contribution < -0.4 is 0 Å². The van der Waals surface area contributed by atoms with Gasteiger partial charge in [-0.05, 0) is 105 Å². The lowest BCUT2D eigenvalue weighted by Crippen LogP contribution is -2.51. The maximum Gasteiger partial charge on any atom is 0.310 e. The van der Waals surface area contributed by atoms with Gasteiger partial charge in [-0.25, -0.2) is 4.98 Å². The molecule has 7 atom stereocenters. The van der Waals surface area contributed by atoms with E-state index in [1.54, 1.807) is 11.8 Å². The van der Waals surface area contributed by atoms with Gasteiger partial charge >= 0.3 is 5.97 Å². The van der Waals surface area contributed by atoms with Crippen LogP contribution in [0.2, 0.25) is 0 Å². The minimum Gasteiger partial charge on any atom is -0.481 e. The van der Waals surface area contributed by atoms with E-state index in [0.29, 0.717) is 17.5 Å². The van der Waals surface area contributed by atoms with E-state index < -0.39 is 11.4 Å². The molecule has 0 spiro atoms. The minimum absolute atomic E-state index is 0.296. The molecule has 0 aliphatic heterocycles. The van der Waals surface area contributed by atoms with Gasteiger partial charge in [-0.3, -0.25) is 4.79 Å². The first-order chi connectivity index (χ1) is 15.6. The molecule has 3 saturated carbocycles. The molecule has 32 heavy (non-hydrogen) atoms. The van der Waals surface area contributed by atoms with Gasteiger partial charge in [-0.2, -0.15) is 0 Å². The summed E-state index contributed by atoms with van der Waals surface area (Å²) in [7, 11) is 0. The Labute approximate surface area is 188 Å². The molecule has 2 aromatic rings. The molecule has 0 radical (unpaired) electrons. The number of aromatic nitrogens is 2. The fraction of sp³-hybridized carbons (Fsp3) is 0.667. The second kappa shape index (κ2) is 6.91. The highest BCUT2D eigenvalue weighted by Gasteiger charge is 2.56.